The second kappa shape index (κ2) is 52.3. The number of hydrogen-bond donors (Lipinski definition) is 0. The third-order valence-electron chi connectivity index (χ3n) is 12.1. The first-order chi connectivity index (χ1) is 31.0. The van der Waals surface area contributed by atoms with Crippen molar-refractivity contribution in [1.29, 1.82) is 0 Å². The van der Waals surface area contributed by atoms with Crippen LogP contribution >= 0.6 is 0 Å². The Bertz CT molecular complexity index is 1060. The molecule has 0 rings (SSSR count). The van der Waals surface area contributed by atoms with Crippen LogP contribution in [-0.4, -0.2) is 37.2 Å². The van der Waals surface area contributed by atoms with Crippen LogP contribution in [0.25, 0.3) is 0 Å². The van der Waals surface area contributed by atoms with Crippen molar-refractivity contribution in [2.24, 2.45) is 0 Å². The lowest BCUT2D eigenvalue weighted by Crippen LogP contribution is -2.30. The molecule has 0 unspecified atom stereocenters. The highest BCUT2D eigenvalue weighted by Crippen LogP contribution is 2.16. The number of rotatable bonds is 50. The Morgan fingerprint density at radius 3 is 0.921 bits per heavy atom. The molecule has 0 aromatic heterocycles. The molecule has 0 bridgehead atoms. The molecule has 0 aromatic carbocycles. The van der Waals surface area contributed by atoms with Crippen LogP contribution in [-0.2, 0) is 28.6 Å². The third-order valence-corrected chi connectivity index (χ3v) is 12.1. The van der Waals surface area contributed by atoms with Gasteiger partial charge in [-0.15, -0.1) is 0 Å². The summed E-state index contributed by atoms with van der Waals surface area (Å²) in [6.45, 7) is 6.61. The maximum absolute atomic E-state index is 12.8. The van der Waals surface area contributed by atoms with E-state index in [0.29, 0.717) is 19.3 Å². The Morgan fingerprint density at radius 2 is 0.571 bits per heavy atom. The minimum atomic E-state index is -0.778. The minimum Gasteiger partial charge on any atom is -0.462 e. The van der Waals surface area contributed by atoms with Gasteiger partial charge in [0.25, 0.3) is 0 Å². The largest absolute Gasteiger partial charge is 0.462 e. The first kappa shape index (κ1) is 60.6. The third kappa shape index (κ3) is 50.5. The summed E-state index contributed by atoms with van der Waals surface area (Å²) in [5.41, 5.74) is 0. The van der Waals surface area contributed by atoms with Gasteiger partial charge in [0.15, 0.2) is 6.10 Å². The van der Waals surface area contributed by atoms with Gasteiger partial charge in [-0.1, -0.05) is 250 Å². The summed E-state index contributed by atoms with van der Waals surface area (Å²) in [5, 5.41) is 0. The molecular weight excluding hydrogens is 781 g/mol. The van der Waals surface area contributed by atoms with Crippen LogP contribution in [0.1, 0.15) is 290 Å². The van der Waals surface area contributed by atoms with Gasteiger partial charge in [-0.2, -0.15) is 0 Å². The van der Waals surface area contributed by atoms with Crippen LogP contribution in [0.15, 0.2) is 36.5 Å². The average Bonchev–Trinajstić information content (AvgIpc) is 3.28. The van der Waals surface area contributed by atoms with Crippen LogP contribution in [0.5, 0.6) is 0 Å². The van der Waals surface area contributed by atoms with Gasteiger partial charge < -0.3 is 14.2 Å². The molecule has 368 valence electrons. The van der Waals surface area contributed by atoms with E-state index in [4.69, 9.17) is 14.2 Å². The summed E-state index contributed by atoms with van der Waals surface area (Å²) < 4.78 is 16.8. The average molecular weight is 885 g/mol. The molecule has 0 saturated carbocycles. The number of carbonyl (C=O) groups excluding carboxylic acids is 3. The second-order valence-corrected chi connectivity index (χ2v) is 18.5. The molecular formula is C57H104O6. The lowest BCUT2D eigenvalue weighted by Gasteiger charge is -2.18. The van der Waals surface area contributed by atoms with Gasteiger partial charge in [0.2, 0.25) is 0 Å². The molecule has 0 spiro atoms. The Labute approximate surface area is 391 Å². The van der Waals surface area contributed by atoms with E-state index in [-0.39, 0.29) is 31.1 Å². The Kier molecular flexibility index (Phi) is 50.3. The van der Waals surface area contributed by atoms with Gasteiger partial charge in [0, 0.05) is 19.3 Å². The van der Waals surface area contributed by atoms with E-state index >= 15 is 0 Å². The molecule has 0 aliphatic carbocycles. The molecule has 0 saturated heterocycles. The zero-order valence-corrected chi connectivity index (χ0v) is 42.1. The zero-order valence-electron chi connectivity index (χ0n) is 42.1. The maximum Gasteiger partial charge on any atom is 0.306 e. The van der Waals surface area contributed by atoms with Crippen LogP contribution < -0.4 is 0 Å². The number of carbonyl (C=O) groups is 3. The zero-order chi connectivity index (χ0) is 45.8. The van der Waals surface area contributed by atoms with E-state index in [0.717, 1.165) is 83.5 Å². The monoisotopic (exact) mass is 885 g/mol. The van der Waals surface area contributed by atoms with E-state index in [1.54, 1.807) is 0 Å². The quantitative estimate of drug-likeness (QED) is 0.0262. The first-order valence-electron chi connectivity index (χ1n) is 27.5. The molecule has 6 heteroatoms. The van der Waals surface area contributed by atoms with Crippen LogP contribution in [0.2, 0.25) is 0 Å². The minimum absolute atomic E-state index is 0.0770. The molecule has 0 aromatic rings. The Morgan fingerprint density at radius 1 is 0.317 bits per heavy atom. The van der Waals surface area contributed by atoms with Crippen molar-refractivity contribution < 1.29 is 28.6 Å². The molecule has 6 nitrogen and oxygen atoms in total. The lowest BCUT2D eigenvalue weighted by molar-refractivity contribution is -0.167. The molecule has 1 atom stereocenters. The van der Waals surface area contributed by atoms with E-state index in [1.165, 1.54) is 167 Å². The number of hydrogen-bond acceptors (Lipinski definition) is 6. The molecule has 0 amide bonds. The fraction of sp³-hybridized carbons (Fsp3) is 0.842. The molecule has 0 aliphatic rings. The molecule has 0 aliphatic heterocycles. The van der Waals surface area contributed by atoms with Crippen molar-refractivity contribution in [2.45, 2.75) is 297 Å². The van der Waals surface area contributed by atoms with Gasteiger partial charge in [-0.3, -0.25) is 14.4 Å². The van der Waals surface area contributed by atoms with Crippen LogP contribution in [0.4, 0.5) is 0 Å². The SMILES string of the molecule is CCCCC/C=C\C/C=C\C/C=C\CCCCCCC(=O)O[C@H](COC(=O)CCCCCCCCCCCC)COC(=O)CCCCCCCCCCCCCCCCCCCC. The predicted molar refractivity (Wildman–Crippen MR) is 270 cm³/mol. The highest BCUT2D eigenvalue weighted by Gasteiger charge is 2.19. The summed E-state index contributed by atoms with van der Waals surface area (Å²) >= 11 is 0. The lowest BCUT2D eigenvalue weighted by atomic mass is 10.0. The van der Waals surface area contributed by atoms with Crippen LogP contribution in [0, 0.1) is 0 Å². The van der Waals surface area contributed by atoms with E-state index in [2.05, 4.69) is 57.2 Å². The standard InChI is InChI=1S/C57H104O6/c1-4-7-10-13-16-19-22-24-26-28-30-31-33-35-38-41-44-47-50-56(59)62-53-54(52-61-55(58)49-46-43-40-37-21-18-15-12-9-6-3)63-57(60)51-48-45-42-39-36-34-32-29-27-25-23-20-17-14-11-8-5-2/h17,20,25,27,32,34,54H,4-16,18-19,21-24,26,28-31,33,35-53H2,1-3H3/b20-17-,27-25-,34-32-/t54-/m1/s1. The highest BCUT2D eigenvalue weighted by atomic mass is 16.6. The van der Waals surface area contributed by atoms with Gasteiger partial charge in [0.05, 0.1) is 0 Å². The normalized spacial score (nSPS) is 12.2. The van der Waals surface area contributed by atoms with Crippen LogP contribution in [0.3, 0.4) is 0 Å². The summed E-state index contributed by atoms with van der Waals surface area (Å²) in [5.74, 6) is -0.886. The van der Waals surface area contributed by atoms with E-state index in [1.807, 2.05) is 0 Å². The van der Waals surface area contributed by atoms with E-state index < -0.39 is 6.10 Å². The topological polar surface area (TPSA) is 78.9 Å². The molecule has 63 heavy (non-hydrogen) atoms. The smallest absolute Gasteiger partial charge is 0.306 e. The van der Waals surface area contributed by atoms with Gasteiger partial charge in [-0.25, -0.2) is 0 Å². The second-order valence-electron chi connectivity index (χ2n) is 18.5. The number of esters is 3. The summed E-state index contributed by atoms with van der Waals surface area (Å²) in [6, 6.07) is 0. The molecule has 0 fully saturated rings. The Hall–Kier alpha value is -2.37. The molecule has 0 radical (unpaired) electrons. The molecule has 0 N–H and O–H groups in total. The number of ether oxygens (including phenoxy) is 3. The van der Waals surface area contributed by atoms with Crippen molar-refractivity contribution in [3.05, 3.63) is 36.5 Å². The van der Waals surface area contributed by atoms with Crippen molar-refractivity contribution in [2.75, 3.05) is 13.2 Å². The van der Waals surface area contributed by atoms with E-state index in [9.17, 15) is 14.4 Å². The van der Waals surface area contributed by atoms with Crippen molar-refractivity contribution in [1.82, 2.24) is 0 Å². The van der Waals surface area contributed by atoms with Gasteiger partial charge in [0.1, 0.15) is 13.2 Å². The summed E-state index contributed by atoms with van der Waals surface area (Å²) in [7, 11) is 0. The first-order valence-corrected chi connectivity index (χ1v) is 27.5. The van der Waals surface area contributed by atoms with Gasteiger partial charge in [-0.05, 0) is 57.8 Å². The van der Waals surface area contributed by atoms with Gasteiger partial charge >= 0.3 is 17.9 Å². The maximum atomic E-state index is 12.8. The number of unbranched alkanes of at least 4 members (excludes halogenated alkanes) is 33. The summed E-state index contributed by atoms with van der Waals surface area (Å²) in [6.07, 6.45) is 61.3. The Balaban J connectivity index is 4.32. The number of allylic oxidation sites excluding steroid dienone is 6. The highest BCUT2D eigenvalue weighted by molar-refractivity contribution is 5.71. The fourth-order valence-corrected chi connectivity index (χ4v) is 7.98. The summed E-state index contributed by atoms with van der Waals surface area (Å²) in [4.78, 5) is 38.0. The van der Waals surface area contributed by atoms with Crippen molar-refractivity contribution >= 4 is 17.9 Å². The van der Waals surface area contributed by atoms with Crippen molar-refractivity contribution in [3.8, 4) is 0 Å². The molecule has 0 heterocycles. The predicted octanol–water partition coefficient (Wildman–Crippen LogP) is 18.1. The fourth-order valence-electron chi connectivity index (χ4n) is 7.98. The van der Waals surface area contributed by atoms with Crippen molar-refractivity contribution in [3.63, 3.8) is 0 Å².